The van der Waals surface area contributed by atoms with Gasteiger partial charge in [-0.1, -0.05) is 59.7 Å². The molecule has 0 heterocycles. The number of carboxylic acids is 1. The fourth-order valence-corrected chi connectivity index (χ4v) is 2.60. The van der Waals surface area contributed by atoms with E-state index in [1.54, 1.807) is 18.2 Å². The van der Waals surface area contributed by atoms with Crippen molar-refractivity contribution in [3.63, 3.8) is 0 Å². The van der Waals surface area contributed by atoms with Crippen LogP contribution in [0.2, 0.25) is 0 Å². The summed E-state index contributed by atoms with van der Waals surface area (Å²) in [6.07, 6.45) is 0. The van der Waals surface area contributed by atoms with E-state index in [2.05, 4.69) is 52.9 Å². The maximum atomic E-state index is 12.8. The molecule has 0 aliphatic heterocycles. The van der Waals surface area contributed by atoms with Gasteiger partial charge in [-0.05, 0) is 46.2 Å². The molecule has 0 aliphatic rings. The Balaban J connectivity index is 2.48. The first kappa shape index (κ1) is 19.7. The average molecular weight is 353 g/mol. The van der Waals surface area contributed by atoms with Crippen LogP contribution in [0, 0.1) is 0 Å². The van der Waals surface area contributed by atoms with Crippen LogP contribution in [0.3, 0.4) is 0 Å². The number of rotatable bonds is 3. The first-order valence-electron chi connectivity index (χ1n) is 8.69. The van der Waals surface area contributed by atoms with Crippen molar-refractivity contribution in [3.05, 3.63) is 64.7 Å². The third-order valence-corrected chi connectivity index (χ3v) is 4.33. The van der Waals surface area contributed by atoms with Crippen molar-refractivity contribution in [1.82, 2.24) is 0 Å². The number of hydrogen-bond acceptors (Lipinski definition) is 2. The Bertz CT molecular complexity index is 807. The minimum atomic E-state index is -1.07. The minimum absolute atomic E-state index is 0.0730. The molecule has 0 spiro atoms. The number of hydrogen-bond donors (Lipinski definition) is 2. The Labute approximate surface area is 155 Å². The van der Waals surface area contributed by atoms with Gasteiger partial charge in [-0.2, -0.15) is 0 Å². The van der Waals surface area contributed by atoms with E-state index in [-0.39, 0.29) is 22.3 Å². The molecule has 138 valence electrons. The molecule has 0 fully saturated rings. The maximum absolute atomic E-state index is 12.8. The quantitative estimate of drug-likeness (QED) is 0.794. The average Bonchev–Trinajstić information content (AvgIpc) is 2.53. The van der Waals surface area contributed by atoms with Crippen molar-refractivity contribution in [2.24, 2.45) is 0 Å². The van der Waals surface area contributed by atoms with E-state index in [4.69, 9.17) is 0 Å². The zero-order valence-corrected chi connectivity index (χ0v) is 16.3. The summed E-state index contributed by atoms with van der Waals surface area (Å²) in [6, 6.07) is 12.3. The van der Waals surface area contributed by atoms with Gasteiger partial charge in [0.15, 0.2) is 0 Å². The smallest absolute Gasteiger partial charge is 0.337 e. The normalized spacial score (nSPS) is 11.9. The van der Waals surface area contributed by atoms with Crippen LogP contribution in [-0.2, 0) is 10.8 Å². The zero-order valence-electron chi connectivity index (χ0n) is 16.3. The summed E-state index contributed by atoms with van der Waals surface area (Å²) in [5, 5.41) is 12.0. The van der Waals surface area contributed by atoms with Crippen LogP contribution < -0.4 is 5.32 Å². The van der Waals surface area contributed by atoms with E-state index in [9.17, 15) is 14.7 Å². The molecule has 0 atom stereocenters. The largest absolute Gasteiger partial charge is 0.478 e. The molecule has 1 amide bonds. The Morgan fingerprint density at radius 2 is 1.35 bits per heavy atom. The summed E-state index contributed by atoms with van der Waals surface area (Å²) in [5.74, 6) is -1.38. The van der Waals surface area contributed by atoms with Gasteiger partial charge in [0.2, 0.25) is 0 Å². The molecule has 0 saturated heterocycles. The lowest BCUT2D eigenvalue weighted by Crippen LogP contribution is -2.20. The summed E-state index contributed by atoms with van der Waals surface area (Å²) in [6.45, 7) is 12.6. The number of para-hydroxylation sites is 1. The molecule has 2 rings (SSSR count). The monoisotopic (exact) mass is 353 g/mol. The molecule has 4 nitrogen and oxygen atoms in total. The standard InChI is InChI=1S/C22H27NO3/c1-21(2,3)15-11-14(12-16(13-15)22(4,5)6)19(24)23-18-10-8-7-9-17(18)20(25)26/h7-13H,1-6H3,(H,23,24)(H,25,26). The fraction of sp³-hybridized carbons (Fsp3) is 0.364. The van der Waals surface area contributed by atoms with Crippen molar-refractivity contribution >= 4 is 17.6 Å². The summed E-state index contributed by atoms with van der Waals surface area (Å²) >= 11 is 0. The molecule has 0 bridgehead atoms. The van der Waals surface area contributed by atoms with Gasteiger partial charge in [0, 0.05) is 5.56 Å². The van der Waals surface area contributed by atoms with Gasteiger partial charge in [-0.25, -0.2) is 4.79 Å². The molecule has 0 aliphatic carbocycles. The lowest BCUT2D eigenvalue weighted by molar-refractivity contribution is 0.0698. The lowest BCUT2D eigenvalue weighted by Gasteiger charge is -2.26. The highest BCUT2D eigenvalue weighted by atomic mass is 16.4. The third kappa shape index (κ3) is 4.51. The second-order valence-electron chi connectivity index (χ2n) is 8.60. The number of amides is 1. The van der Waals surface area contributed by atoms with E-state index in [0.717, 1.165) is 11.1 Å². The van der Waals surface area contributed by atoms with Crippen LogP contribution in [0.5, 0.6) is 0 Å². The number of nitrogens with one attached hydrogen (secondary N) is 1. The highest BCUT2D eigenvalue weighted by Crippen LogP contribution is 2.30. The van der Waals surface area contributed by atoms with Crippen molar-refractivity contribution in [1.29, 1.82) is 0 Å². The van der Waals surface area contributed by atoms with E-state index in [0.29, 0.717) is 11.3 Å². The molecule has 0 saturated carbocycles. The predicted octanol–water partition coefficient (Wildman–Crippen LogP) is 5.23. The number of carbonyl (C=O) groups excluding carboxylic acids is 1. The van der Waals surface area contributed by atoms with Crippen molar-refractivity contribution < 1.29 is 14.7 Å². The molecule has 0 radical (unpaired) electrons. The predicted molar refractivity (Wildman–Crippen MR) is 105 cm³/mol. The second kappa shape index (κ2) is 6.94. The van der Waals surface area contributed by atoms with E-state index in [1.165, 1.54) is 6.07 Å². The summed E-state index contributed by atoms with van der Waals surface area (Å²) in [7, 11) is 0. The van der Waals surface area contributed by atoms with Gasteiger partial charge in [-0.3, -0.25) is 4.79 Å². The van der Waals surface area contributed by atoms with E-state index >= 15 is 0 Å². The molecule has 4 heteroatoms. The zero-order chi connectivity index (χ0) is 19.7. The van der Waals surface area contributed by atoms with Gasteiger partial charge in [0.25, 0.3) is 5.91 Å². The maximum Gasteiger partial charge on any atom is 0.337 e. The number of anilines is 1. The first-order chi connectivity index (χ1) is 11.9. The summed E-state index contributed by atoms with van der Waals surface area (Å²) in [5.41, 5.74) is 2.84. The molecule has 0 unspecified atom stereocenters. The van der Waals surface area contributed by atoms with Gasteiger partial charge < -0.3 is 10.4 Å². The summed E-state index contributed by atoms with van der Waals surface area (Å²) in [4.78, 5) is 24.2. The number of benzene rings is 2. The fourth-order valence-electron chi connectivity index (χ4n) is 2.60. The molecular formula is C22H27NO3. The highest BCUT2D eigenvalue weighted by molar-refractivity contribution is 6.07. The van der Waals surface area contributed by atoms with Crippen LogP contribution in [-0.4, -0.2) is 17.0 Å². The van der Waals surface area contributed by atoms with Crippen LogP contribution in [0.4, 0.5) is 5.69 Å². The molecular weight excluding hydrogens is 326 g/mol. The molecule has 2 aromatic carbocycles. The van der Waals surface area contributed by atoms with E-state index < -0.39 is 5.97 Å². The van der Waals surface area contributed by atoms with Gasteiger partial charge >= 0.3 is 5.97 Å². The van der Waals surface area contributed by atoms with Crippen LogP contribution in [0.25, 0.3) is 0 Å². The molecule has 2 aromatic rings. The Kier molecular flexibility index (Phi) is 5.26. The van der Waals surface area contributed by atoms with Crippen molar-refractivity contribution in [3.8, 4) is 0 Å². The lowest BCUT2D eigenvalue weighted by atomic mass is 9.79. The minimum Gasteiger partial charge on any atom is -0.478 e. The van der Waals surface area contributed by atoms with Gasteiger partial charge in [0.1, 0.15) is 0 Å². The Morgan fingerprint density at radius 1 is 0.846 bits per heavy atom. The summed E-state index contributed by atoms with van der Waals surface area (Å²) < 4.78 is 0. The molecule has 2 N–H and O–H groups in total. The van der Waals surface area contributed by atoms with Crippen molar-refractivity contribution in [2.45, 2.75) is 52.4 Å². The topological polar surface area (TPSA) is 66.4 Å². The van der Waals surface area contributed by atoms with Gasteiger partial charge in [0.05, 0.1) is 11.3 Å². The van der Waals surface area contributed by atoms with Crippen molar-refractivity contribution in [2.75, 3.05) is 5.32 Å². The van der Waals surface area contributed by atoms with Gasteiger partial charge in [-0.15, -0.1) is 0 Å². The number of aromatic carboxylic acids is 1. The number of carbonyl (C=O) groups is 2. The second-order valence-corrected chi connectivity index (χ2v) is 8.60. The third-order valence-electron chi connectivity index (χ3n) is 4.33. The Hall–Kier alpha value is -2.62. The SMILES string of the molecule is CC(C)(C)c1cc(C(=O)Nc2ccccc2C(=O)O)cc(C(C)(C)C)c1. The number of carboxylic acid groups (broad SMARTS) is 1. The first-order valence-corrected chi connectivity index (χ1v) is 8.69. The highest BCUT2D eigenvalue weighted by Gasteiger charge is 2.22. The van der Waals surface area contributed by atoms with Crippen LogP contribution >= 0.6 is 0 Å². The molecule has 0 aromatic heterocycles. The van der Waals surface area contributed by atoms with Crippen LogP contribution in [0.15, 0.2) is 42.5 Å². The van der Waals surface area contributed by atoms with Crippen LogP contribution in [0.1, 0.15) is 73.4 Å². The Morgan fingerprint density at radius 3 is 1.81 bits per heavy atom. The molecule has 26 heavy (non-hydrogen) atoms. The van der Waals surface area contributed by atoms with E-state index in [1.807, 2.05) is 12.1 Å².